The molecule has 1 unspecified atom stereocenters. The lowest BCUT2D eigenvalue weighted by molar-refractivity contribution is -0.159. The Hall–Kier alpha value is -2.60. The molecule has 0 aliphatic heterocycles. The molecule has 0 aliphatic carbocycles. The molecule has 0 radical (unpaired) electrons. The van der Waals surface area contributed by atoms with Crippen LogP contribution in [0.1, 0.15) is 17.0 Å². The molecule has 0 saturated carbocycles. The highest BCUT2D eigenvalue weighted by Crippen LogP contribution is 2.45. The van der Waals surface area contributed by atoms with Gasteiger partial charge in [-0.2, -0.15) is 18.2 Å². The zero-order valence-electron chi connectivity index (χ0n) is 14.6. The predicted molar refractivity (Wildman–Crippen MR) is 96.8 cm³/mol. The summed E-state index contributed by atoms with van der Waals surface area (Å²) in [6, 6.07) is 14.1. The Bertz CT molecular complexity index is 967. The molecule has 2 aromatic carbocycles. The maximum atomic E-state index is 12.8. The van der Waals surface area contributed by atoms with Crippen LogP contribution in [0.25, 0.3) is 11.4 Å². The molecule has 5 nitrogen and oxygen atoms in total. The van der Waals surface area contributed by atoms with E-state index in [1.165, 1.54) is 0 Å². The van der Waals surface area contributed by atoms with E-state index in [1.54, 1.807) is 30.9 Å². The van der Waals surface area contributed by atoms with Crippen molar-refractivity contribution in [2.75, 3.05) is 11.8 Å². The van der Waals surface area contributed by atoms with Crippen LogP contribution in [-0.4, -0.2) is 16.8 Å². The number of rotatable bonds is 5. The molecule has 0 aliphatic rings. The molecule has 3 rings (SSSR count). The van der Waals surface area contributed by atoms with Crippen LogP contribution in [0.4, 0.5) is 18.9 Å². The first-order valence-corrected chi connectivity index (χ1v) is 10.4. The molecular formula is C18H17F3N3O2P. The van der Waals surface area contributed by atoms with Crippen molar-refractivity contribution in [3.63, 3.8) is 0 Å². The van der Waals surface area contributed by atoms with Gasteiger partial charge in [-0.25, -0.2) is 0 Å². The summed E-state index contributed by atoms with van der Waals surface area (Å²) in [4.78, 5) is 3.35. The van der Waals surface area contributed by atoms with Gasteiger partial charge in [-0.05, 0) is 24.6 Å². The van der Waals surface area contributed by atoms with Crippen molar-refractivity contribution in [1.82, 2.24) is 10.1 Å². The van der Waals surface area contributed by atoms with E-state index in [4.69, 9.17) is 0 Å². The third-order valence-electron chi connectivity index (χ3n) is 3.78. The molecule has 0 saturated heterocycles. The van der Waals surface area contributed by atoms with Crippen molar-refractivity contribution in [1.29, 1.82) is 0 Å². The maximum absolute atomic E-state index is 12.8. The molecule has 1 atom stereocenters. The topological polar surface area (TPSA) is 68.0 Å². The van der Waals surface area contributed by atoms with E-state index in [2.05, 4.69) is 19.8 Å². The Labute approximate surface area is 154 Å². The third kappa shape index (κ3) is 4.98. The van der Waals surface area contributed by atoms with Gasteiger partial charge in [0.1, 0.15) is 0 Å². The summed E-state index contributed by atoms with van der Waals surface area (Å²) in [5, 5.41) is 6.40. The second-order valence-corrected chi connectivity index (χ2v) is 9.10. The Balaban J connectivity index is 1.70. The van der Waals surface area contributed by atoms with Crippen molar-refractivity contribution in [3.8, 4) is 11.4 Å². The van der Waals surface area contributed by atoms with Crippen LogP contribution in [0.15, 0.2) is 53.1 Å². The minimum atomic E-state index is -4.68. The van der Waals surface area contributed by atoms with Crippen molar-refractivity contribution in [2.24, 2.45) is 0 Å². The average Bonchev–Trinajstić information content (AvgIpc) is 3.07. The summed E-state index contributed by atoms with van der Waals surface area (Å²) in [7, 11) is -2.71. The van der Waals surface area contributed by atoms with Gasteiger partial charge >= 0.3 is 12.1 Å². The van der Waals surface area contributed by atoms with Crippen molar-refractivity contribution in [3.05, 3.63) is 65.5 Å². The molecule has 1 aromatic heterocycles. The number of alkyl halides is 3. The molecule has 3 aromatic rings. The summed E-state index contributed by atoms with van der Waals surface area (Å²) in [6.45, 7) is 3.62. The van der Waals surface area contributed by atoms with Crippen molar-refractivity contribution >= 4 is 13.0 Å². The highest BCUT2D eigenvalue weighted by atomic mass is 31.2. The first-order chi connectivity index (χ1) is 12.6. The quantitative estimate of drug-likeness (QED) is 0.571. The number of anilines is 1. The number of halogens is 3. The molecular weight excluding hydrogens is 378 g/mol. The second kappa shape index (κ2) is 7.19. The maximum Gasteiger partial charge on any atom is 0.471 e. The van der Waals surface area contributed by atoms with E-state index >= 15 is 0 Å². The monoisotopic (exact) mass is 395 g/mol. The van der Waals surface area contributed by atoms with Crippen LogP contribution >= 0.6 is 7.29 Å². The van der Waals surface area contributed by atoms with E-state index in [9.17, 15) is 17.7 Å². The van der Waals surface area contributed by atoms with Gasteiger partial charge in [0.15, 0.2) is 7.29 Å². The van der Waals surface area contributed by atoms with Gasteiger partial charge in [-0.1, -0.05) is 47.1 Å². The van der Waals surface area contributed by atoms with E-state index in [0.29, 0.717) is 11.7 Å². The summed E-state index contributed by atoms with van der Waals surface area (Å²) in [6.07, 6.45) is -4.39. The Morgan fingerprint density at radius 3 is 2.26 bits per heavy atom. The van der Waals surface area contributed by atoms with Gasteiger partial charge in [-0.15, -0.1) is 0 Å². The summed E-state index contributed by atoms with van der Waals surface area (Å²) in [5.41, 5.74) is 3.05. The van der Waals surface area contributed by atoms with Gasteiger partial charge in [-0.3, -0.25) is 0 Å². The van der Waals surface area contributed by atoms with Crippen LogP contribution < -0.4 is 5.09 Å². The van der Waals surface area contributed by atoms with Gasteiger partial charge in [0.05, 0.1) is 0 Å². The van der Waals surface area contributed by atoms with Crippen molar-refractivity contribution in [2.45, 2.75) is 19.3 Å². The van der Waals surface area contributed by atoms with Crippen LogP contribution in [-0.2, 0) is 16.9 Å². The summed E-state index contributed by atoms with van der Waals surface area (Å²) in [5.74, 6) is -1.53. The molecule has 0 fully saturated rings. The number of hydrogen-bond donors (Lipinski definition) is 1. The molecule has 27 heavy (non-hydrogen) atoms. The summed E-state index contributed by atoms with van der Waals surface area (Å²) >= 11 is 0. The Morgan fingerprint density at radius 2 is 1.70 bits per heavy atom. The largest absolute Gasteiger partial charge is 0.471 e. The smallest absolute Gasteiger partial charge is 0.336 e. The van der Waals surface area contributed by atoms with Gasteiger partial charge < -0.3 is 14.2 Å². The lowest BCUT2D eigenvalue weighted by Gasteiger charge is -2.16. The Kier molecular flexibility index (Phi) is 5.11. The number of benzene rings is 2. The molecule has 9 heteroatoms. The molecule has 0 spiro atoms. The van der Waals surface area contributed by atoms with Crippen LogP contribution in [0.5, 0.6) is 0 Å². The lowest BCUT2D eigenvalue weighted by atomic mass is 10.1. The van der Waals surface area contributed by atoms with Crippen LogP contribution in [0.2, 0.25) is 0 Å². The molecule has 1 N–H and O–H groups in total. The third-order valence-corrected chi connectivity index (χ3v) is 5.48. The van der Waals surface area contributed by atoms with E-state index in [0.717, 1.165) is 16.8 Å². The van der Waals surface area contributed by atoms with Gasteiger partial charge in [0.25, 0.3) is 0 Å². The lowest BCUT2D eigenvalue weighted by Crippen LogP contribution is -2.04. The number of nitrogens with zero attached hydrogens (tertiary/aromatic N) is 2. The first-order valence-electron chi connectivity index (χ1n) is 8.04. The minimum Gasteiger partial charge on any atom is -0.336 e. The Morgan fingerprint density at radius 1 is 1.07 bits per heavy atom. The highest BCUT2D eigenvalue weighted by molar-refractivity contribution is 7.63. The fourth-order valence-corrected chi connectivity index (χ4v) is 4.19. The number of nitrogens with one attached hydrogen (secondary N) is 1. The van der Waals surface area contributed by atoms with Crippen molar-refractivity contribution < 1.29 is 22.3 Å². The zero-order valence-corrected chi connectivity index (χ0v) is 15.5. The molecule has 0 amide bonds. The highest BCUT2D eigenvalue weighted by Gasteiger charge is 2.38. The SMILES string of the molecule is Cc1ccc(NP(C)(=O)Cc2ccc(-c3noc(C(F)(F)F)n3)cc2)cc1. The number of aryl methyl sites for hydroxylation is 1. The van der Waals surface area contributed by atoms with E-state index in [1.807, 2.05) is 31.2 Å². The number of aromatic nitrogens is 2. The van der Waals surface area contributed by atoms with Crippen LogP contribution in [0, 0.1) is 6.92 Å². The second-order valence-electron chi connectivity index (χ2n) is 6.35. The normalized spacial score (nSPS) is 14.0. The van der Waals surface area contributed by atoms with Gasteiger partial charge in [0.2, 0.25) is 5.82 Å². The molecule has 142 valence electrons. The number of hydrogen-bond acceptors (Lipinski definition) is 4. The van der Waals surface area contributed by atoms with Crippen LogP contribution in [0.3, 0.4) is 0 Å². The average molecular weight is 395 g/mol. The minimum absolute atomic E-state index is 0.147. The zero-order chi connectivity index (χ0) is 19.7. The standard InChI is InChI=1S/C18H17F3N3O2P/c1-12-3-9-15(10-4-12)24-27(2,25)11-13-5-7-14(8-6-13)16-22-17(26-23-16)18(19,20)21/h3-10H,11H2,1-2H3,(H,24,25). The fourth-order valence-electron chi connectivity index (χ4n) is 2.50. The summed E-state index contributed by atoms with van der Waals surface area (Å²) < 4.78 is 54.7. The first kappa shape index (κ1) is 19.2. The molecule has 1 heterocycles. The van der Waals surface area contributed by atoms with Gasteiger partial charge in [0, 0.05) is 24.1 Å². The van der Waals surface area contributed by atoms with E-state index in [-0.39, 0.29) is 5.82 Å². The van der Waals surface area contributed by atoms with E-state index < -0.39 is 19.4 Å². The fraction of sp³-hybridized carbons (Fsp3) is 0.222. The molecule has 0 bridgehead atoms. The predicted octanol–water partition coefficient (Wildman–Crippen LogP) is 5.58.